The molecule has 0 spiro atoms. The molecule has 1 fully saturated rings. The summed E-state index contributed by atoms with van der Waals surface area (Å²) in [4.78, 5) is 23.9. The molecule has 3 aromatic carbocycles. The van der Waals surface area contributed by atoms with E-state index in [9.17, 15) is 31.1 Å². The second-order valence-electron chi connectivity index (χ2n) is 9.88. The minimum absolute atomic E-state index is 0.0306. The number of carbonyl (C=O) groups excluding carboxylic acids is 1. The van der Waals surface area contributed by atoms with E-state index in [0.29, 0.717) is 17.1 Å². The Hall–Kier alpha value is -4.07. The van der Waals surface area contributed by atoms with E-state index >= 15 is 0 Å². The van der Waals surface area contributed by atoms with E-state index in [2.05, 4.69) is 25.6 Å². The number of ether oxygens (including phenoxy) is 3. The lowest BCUT2D eigenvalue weighted by Gasteiger charge is -2.30. The highest BCUT2D eigenvalue weighted by molar-refractivity contribution is 8.01. The zero-order valence-electron chi connectivity index (χ0n) is 24.6. The smallest absolute Gasteiger partial charge is 0.482 e. The quantitative estimate of drug-likeness (QED) is 0.0966. The van der Waals surface area contributed by atoms with Gasteiger partial charge in [-0.15, -0.1) is 30.0 Å². The first-order valence-corrected chi connectivity index (χ1v) is 15.2. The molecule has 1 saturated heterocycles. The standard InChI is InChI=1S/C29H25ClF6N6O5S/c1-44-26(38-27-42(24(43)14-48-27)22-12-19(30)6-11-23(22)45-15-28(31,32)33)40-46-13-17-2-4-18(5-3-17)25-37-16-41(39-25)20-7-9-21(10-8-20)47-29(34,35)36/h2-12,16,26-27,38,40H,13-15H2,1H3. The summed E-state index contributed by atoms with van der Waals surface area (Å²) in [6.45, 7) is -1.46. The third-order valence-electron chi connectivity index (χ3n) is 6.44. The molecule has 256 valence electrons. The van der Waals surface area contributed by atoms with Crippen LogP contribution in [0.3, 0.4) is 0 Å². The summed E-state index contributed by atoms with van der Waals surface area (Å²) in [6, 6.07) is 16.2. The number of rotatable bonds is 13. The van der Waals surface area contributed by atoms with Crippen molar-refractivity contribution in [1.82, 2.24) is 25.6 Å². The molecule has 1 amide bonds. The minimum atomic E-state index is -4.79. The van der Waals surface area contributed by atoms with Crippen molar-refractivity contribution in [1.29, 1.82) is 0 Å². The van der Waals surface area contributed by atoms with E-state index in [1.54, 1.807) is 24.3 Å². The molecule has 1 aliphatic heterocycles. The third-order valence-corrected chi connectivity index (χ3v) is 7.75. The Bertz CT molecular complexity index is 1690. The molecule has 2 N–H and O–H groups in total. The largest absolute Gasteiger partial charge is 0.573 e. The molecule has 0 aliphatic carbocycles. The molecule has 19 heteroatoms. The van der Waals surface area contributed by atoms with Gasteiger partial charge in [-0.05, 0) is 48.0 Å². The first-order valence-electron chi connectivity index (χ1n) is 13.7. The summed E-state index contributed by atoms with van der Waals surface area (Å²) >= 11 is 7.27. The molecule has 0 radical (unpaired) electrons. The Balaban J connectivity index is 1.16. The third kappa shape index (κ3) is 9.51. The van der Waals surface area contributed by atoms with E-state index in [1.807, 2.05) is 0 Å². The zero-order chi connectivity index (χ0) is 34.5. The van der Waals surface area contributed by atoms with Crippen molar-refractivity contribution in [2.24, 2.45) is 0 Å². The minimum Gasteiger partial charge on any atom is -0.482 e. The number of hydrogen-bond donors (Lipinski definition) is 2. The lowest BCUT2D eigenvalue weighted by molar-refractivity contribution is -0.274. The summed E-state index contributed by atoms with van der Waals surface area (Å²) in [5, 5.41) is 7.59. The average Bonchev–Trinajstić information content (AvgIpc) is 3.66. The Morgan fingerprint density at radius 1 is 1.04 bits per heavy atom. The summed E-state index contributed by atoms with van der Waals surface area (Å²) in [7, 11) is 1.38. The lowest BCUT2D eigenvalue weighted by Crippen LogP contribution is -2.52. The van der Waals surface area contributed by atoms with Gasteiger partial charge in [0, 0.05) is 17.7 Å². The fraction of sp³-hybridized carbons (Fsp3) is 0.276. The number of hydrogen-bond acceptors (Lipinski definition) is 10. The number of anilines is 1. The number of thioether (sulfide) groups is 1. The molecular formula is C29H25ClF6N6O5S. The Morgan fingerprint density at radius 2 is 1.77 bits per heavy atom. The number of hydroxylamine groups is 1. The molecule has 2 heterocycles. The summed E-state index contributed by atoms with van der Waals surface area (Å²) in [6.07, 6.45) is -8.90. The maximum atomic E-state index is 12.8. The van der Waals surface area contributed by atoms with Crippen molar-refractivity contribution in [3.05, 3.63) is 83.6 Å². The molecule has 1 aromatic heterocycles. The van der Waals surface area contributed by atoms with Crippen LogP contribution in [0.5, 0.6) is 11.5 Å². The van der Waals surface area contributed by atoms with Crippen LogP contribution >= 0.6 is 23.4 Å². The number of nitrogens with one attached hydrogen (secondary N) is 2. The fourth-order valence-corrected chi connectivity index (χ4v) is 5.53. The van der Waals surface area contributed by atoms with Crippen molar-refractivity contribution in [2.45, 2.75) is 31.0 Å². The van der Waals surface area contributed by atoms with Gasteiger partial charge in [0.1, 0.15) is 23.3 Å². The second kappa shape index (κ2) is 15.0. The van der Waals surface area contributed by atoms with Gasteiger partial charge >= 0.3 is 12.5 Å². The topological polar surface area (TPSA) is 112 Å². The van der Waals surface area contributed by atoms with Crippen LogP contribution in [0.4, 0.5) is 32.0 Å². The number of amides is 1. The number of halogens is 7. The molecule has 1 aliphatic rings. The van der Waals surface area contributed by atoms with Gasteiger partial charge in [0.05, 0.1) is 23.7 Å². The predicted molar refractivity (Wildman–Crippen MR) is 162 cm³/mol. The van der Waals surface area contributed by atoms with E-state index in [1.165, 1.54) is 77.2 Å². The lowest BCUT2D eigenvalue weighted by atomic mass is 10.1. The van der Waals surface area contributed by atoms with Gasteiger partial charge in [0.25, 0.3) is 0 Å². The highest BCUT2D eigenvalue weighted by Gasteiger charge is 2.37. The first kappa shape index (κ1) is 35.2. The SMILES string of the molecule is COC(NOCc1ccc(-c2ncn(-c3ccc(OC(F)(F)F)cc3)n2)cc1)NC1SCC(=O)N1c1cc(Cl)ccc1OCC(F)(F)F. The van der Waals surface area contributed by atoms with E-state index in [4.69, 9.17) is 25.9 Å². The van der Waals surface area contributed by atoms with Gasteiger partial charge in [-0.1, -0.05) is 35.9 Å². The average molecular weight is 719 g/mol. The van der Waals surface area contributed by atoms with Gasteiger partial charge in [-0.25, -0.2) is 15.0 Å². The van der Waals surface area contributed by atoms with Gasteiger partial charge in [-0.3, -0.25) is 14.5 Å². The van der Waals surface area contributed by atoms with Crippen LogP contribution in [0, 0.1) is 0 Å². The zero-order valence-corrected chi connectivity index (χ0v) is 26.2. The van der Waals surface area contributed by atoms with Crippen molar-refractivity contribution >= 4 is 35.0 Å². The summed E-state index contributed by atoms with van der Waals surface area (Å²) in [5.74, 6) is -0.509. The number of nitrogens with zero attached hydrogens (tertiary/aromatic N) is 4. The predicted octanol–water partition coefficient (Wildman–Crippen LogP) is 6.03. The molecule has 0 saturated carbocycles. The molecule has 2 atom stereocenters. The molecule has 4 aromatic rings. The van der Waals surface area contributed by atoms with Crippen LogP contribution < -0.4 is 25.2 Å². The highest BCUT2D eigenvalue weighted by Crippen LogP contribution is 2.38. The number of benzene rings is 3. The van der Waals surface area contributed by atoms with Crippen LogP contribution in [0.15, 0.2) is 73.1 Å². The maximum Gasteiger partial charge on any atom is 0.573 e. The van der Waals surface area contributed by atoms with Gasteiger partial charge < -0.3 is 14.2 Å². The number of methoxy groups -OCH3 is 1. The van der Waals surface area contributed by atoms with Gasteiger partial charge in [-0.2, -0.15) is 18.7 Å². The molecule has 5 rings (SSSR count). The van der Waals surface area contributed by atoms with Crippen molar-refractivity contribution in [3.8, 4) is 28.6 Å². The van der Waals surface area contributed by atoms with Crippen LogP contribution in [-0.4, -0.2) is 64.5 Å². The number of alkyl halides is 6. The summed E-state index contributed by atoms with van der Waals surface area (Å²) < 4.78 is 91.3. The first-order chi connectivity index (χ1) is 22.8. The Morgan fingerprint density at radius 3 is 2.44 bits per heavy atom. The second-order valence-corrected chi connectivity index (χ2v) is 11.4. The monoisotopic (exact) mass is 718 g/mol. The van der Waals surface area contributed by atoms with Crippen LogP contribution in [0.2, 0.25) is 5.02 Å². The van der Waals surface area contributed by atoms with Crippen LogP contribution in [0.25, 0.3) is 17.1 Å². The Kier molecular flexibility index (Phi) is 11.0. The van der Waals surface area contributed by atoms with E-state index in [0.717, 1.165) is 5.56 Å². The van der Waals surface area contributed by atoms with E-state index in [-0.39, 0.29) is 40.5 Å². The Labute approximate surface area is 278 Å². The molecule has 2 unspecified atom stereocenters. The molecular weight excluding hydrogens is 694 g/mol. The van der Waals surface area contributed by atoms with Crippen molar-refractivity contribution in [2.75, 3.05) is 24.4 Å². The maximum absolute atomic E-state index is 12.8. The molecule has 48 heavy (non-hydrogen) atoms. The number of aromatic nitrogens is 3. The van der Waals surface area contributed by atoms with Crippen molar-refractivity contribution < 1.29 is 50.2 Å². The molecule has 11 nitrogen and oxygen atoms in total. The van der Waals surface area contributed by atoms with Crippen molar-refractivity contribution in [3.63, 3.8) is 0 Å². The molecule has 0 bridgehead atoms. The van der Waals surface area contributed by atoms with Crippen LogP contribution in [-0.2, 0) is 21.0 Å². The summed E-state index contributed by atoms with van der Waals surface area (Å²) in [5.41, 5.74) is 3.88. The van der Waals surface area contributed by atoms with Gasteiger partial charge in [0.2, 0.25) is 5.91 Å². The normalized spacial score (nSPS) is 16.0. The van der Waals surface area contributed by atoms with E-state index < -0.39 is 31.0 Å². The highest BCUT2D eigenvalue weighted by atomic mass is 35.5. The number of carbonyl (C=O) groups is 1. The van der Waals surface area contributed by atoms with Gasteiger partial charge in [0.15, 0.2) is 18.8 Å². The fourth-order valence-electron chi connectivity index (χ4n) is 4.32. The van der Waals surface area contributed by atoms with Crippen LogP contribution in [0.1, 0.15) is 5.56 Å².